The van der Waals surface area contributed by atoms with Crippen molar-refractivity contribution >= 4 is 28.5 Å². The standard InChI is InChI=1S/C16H10N4O6/c21-14-13-16(18-12-7-10(20(24)25)4-5-11(12)17-13)26-15(14)8-2-1-3-9(6-8)19(22)23/h1-7,15,17-18H/t15-/m1/s1. The van der Waals surface area contributed by atoms with Crippen molar-refractivity contribution in [1.82, 2.24) is 0 Å². The molecule has 2 heterocycles. The summed E-state index contributed by atoms with van der Waals surface area (Å²) in [5, 5.41) is 27.6. The molecule has 4 rings (SSSR count). The molecule has 1 atom stereocenters. The van der Waals surface area contributed by atoms with Crippen molar-refractivity contribution in [1.29, 1.82) is 0 Å². The number of nitrogens with one attached hydrogen (secondary N) is 2. The van der Waals surface area contributed by atoms with E-state index >= 15 is 0 Å². The number of Topliss-reactive ketones (excluding diaryl/α,β-unsaturated/α-hetero) is 1. The van der Waals surface area contributed by atoms with Gasteiger partial charge in [-0.2, -0.15) is 0 Å². The lowest BCUT2D eigenvalue weighted by molar-refractivity contribution is -0.385. The van der Waals surface area contributed by atoms with Gasteiger partial charge in [0.05, 0.1) is 21.2 Å². The number of ether oxygens (including phenoxy) is 1. The van der Waals surface area contributed by atoms with Crippen LogP contribution in [-0.4, -0.2) is 15.6 Å². The van der Waals surface area contributed by atoms with E-state index in [2.05, 4.69) is 10.6 Å². The van der Waals surface area contributed by atoms with E-state index in [4.69, 9.17) is 4.74 Å². The van der Waals surface area contributed by atoms with Crippen LogP contribution in [0.2, 0.25) is 0 Å². The fourth-order valence-electron chi connectivity index (χ4n) is 2.82. The highest BCUT2D eigenvalue weighted by atomic mass is 16.6. The van der Waals surface area contributed by atoms with E-state index in [1.165, 1.54) is 36.4 Å². The van der Waals surface area contributed by atoms with E-state index in [-0.39, 0.29) is 23.0 Å². The van der Waals surface area contributed by atoms with Crippen LogP contribution in [0.5, 0.6) is 0 Å². The second-order valence-corrected chi connectivity index (χ2v) is 5.66. The van der Waals surface area contributed by atoms with Crippen LogP contribution in [0.3, 0.4) is 0 Å². The topological polar surface area (TPSA) is 137 Å². The van der Waals surface area contributed by atoms with Crippen molar-refractivity contribution in [2.24, 2.45) is 0 Å². The van der Waals surface area contributed by atoms with Crippen LogP contribution in [0.4, 0.5) is 22.7 Å². The molecule has 2 N–H and O–H groups in total. The van der Waals surface area contributed by atoms with Gasteiger partial charge in [0.25, 0.3) is 11.4 Å². The average molecular weight is 354 g/mol. The normalized spacial score (nSPS) is 17.5. The maximum absolute atomic E-state index is 12.6. The summed E-state index contributed by atoms with van der Waals surface area (Å²) in [6.45, 7) is 0. The smallest absolute Gasteiger partial charge is 0.271 e. The number of anilines is 2. The highest BCUT2D eigenvalue weighted by Gasteiger charge is 2.39. The lowest BCUT2D eigenvalue weighted by Gasteiger charge is -2.19. The van der Waals surface area contributed by atoms with Gasteiger partial charge in [0, 0.05) is 29.8 Å². The Morgan fingerprint density at radius 3 is 2.38 bits per heavy atom. The largest absolute Gasteiger partial charge is 0.461 e. The average Bonchev–Trinajstić information content (AvgIpc) is 2.95. The van der Waals surface area contributed by atoms with Gasteiger partial charge in [0.15, 0.2) is 6.10 Å². The third-order valence-corrected chi connectivity index (χ3v) is 4.05. The molecule has 10 nitrogen and oxygen atoms in total. The minimum Gasteiger partial charge on any atom is -0.461 e. The Hall–Kier alpha value is -3.95. The zero-order valence-electron chi connectivity index (χ0n) is 13.0. The molecule has 10 heteroatoms. The Labute approximate surface area is 145 Å². The molecule has 2 aromatic rings. The van der Waals surface area contributed by atoms with Crippen LogP contribution in [-0.2, 0) is 9.53 Å². The lowest BCUT2D eigenvalue weighted by atomic mass is 10.0. The molecule has 130 valence electrons. The molecule has 0 radical (unpaired) electrons. The number of carbonyl (C=O) groups excluding carboxylic acids is 1. The van der Waals surface area contributed by atoms with Gasteiger partial charge in [-0.15, -0.1) is 0 Å². The Kier molecular flexibility index (Phi) is 3.32. The summed E-state index contributed by atoms with van der Waals surface area (Å²) in [5.74, 6) is -0.267. The number of nitro benzene ring substituents is 2. The first kappa shape index (κ1) is 15.6. The van der Waals surface area contributed by atoms with Crippen LogP contribution in [0, 0.1) is 20.2 Å². The van der Waals surface area contributed by atoms with Crippen molar-refractivity contribution in [2.45, 2.75) is 6.10 Å². The summed E-state index contributed by atoms with van der Waals surface area (Å²) < 4.78 is 5.62. The summed E-state index contributed by atoms with van der Waals surface area (Å²) in [6.07, 6.45) is -1.04. The van der Waals surface area contributed by atoms with Crippen molar-refractivity contribution in [2.75, 3.05) is 10.6 Å². The van der Waals surface area contributed by atoms with Crippen LogP contribution in [0.15, 0.2) is 54.0 Å². The fourth-order valence-corrected chi connectivity index (χ4v) is 2.82. The van der Waals surface area contributed by atoms with E-state index in [1.807, 2.05) is 0 Å². The predicted molar refractivity (Wildman–Crippen MR) is 89.3 cm³/mol. The highest BCUT2D eigenvalue weighted by molar-refractivity contribution is 6.06. The van der Waals surface area contributed by atoms with Gasteiger partial charge in [-0.05, 0) is 6.07 Å². The second kappa shape index (κ2) is 5.55. The van der Waals surface area contributed by atoms with E-state index < -0.39 is 21.7 Å². The Balaban J connectivity index is 1.64. The molecule has 0 saturated carbocycles. The molecule has 0 aliphatic carbocycles. The molecular formula is C16H10N4O6. The predicted octanol–water partition coefficient (Wildman–Crippen LogP) is 2.85. The van der Waals surface area contributed by atoms with Gasteiger partial charge in [0.2, 0.25) is 11.7 Å². The van der Waals surface area contributed by atoms with E-state index in [1.54, 1.807) is 6.07 Å². The number of nitrogens with zero attached hydrogens (tertiary/aromatic N) is 2. The monoisotopic (exact) mass is 354 g/mol. The van der Waals surface area contributed by atoms with Crippen molar-refractivity contribution < 1.29 is 19.4 Å². The Morgan fingerprint density at radius 1 is 0.923 bits per heavy atom. The zero-order valence-corrected chi connectivity index (χ0v) is 13.0. The van der Waals surface area contributed by atoms with Gasteiger partial charge in [0.1, 0.15) is 5.70 Å². The molecule has 0 saturated heterocycles. The van der Waals surface area contributed by atoms with Crippen LogP contribution >= 0.6 is 0 Å². The quantitative estimate of drug-likeness (QED) is 0.634. The Morgan fingerprint density at radius 2 is 1.65 bits per heavy atom. The Bertz CT molecular complexity index is 1020. The molecule has 2 aliphatic heterocycles. The van der Waals surface area contributed by atoms with Gasteiger partial charge in [-0.25, -0.2) is 0 Å². The summed E-state index contributed by atoms with van der Waals surface area (Å²) in [7, 11) is 0. The molecule has 0 bridgehead atoms. The number of hydrogen-bond donors (Lipinski definition) is 2. The van der Waals surface area contributed by atoms with Gasteiger partial charge < -0.3 is 15.4 Å². The molecular weight excluding hydrogens is 344 g/mol. The highest BCUT2D eigenvalue weighted by Crippen LogP contribution is 2.41. The number of nitro groups is 2. The van der Waals surface area contributed by atoms with E-state index in [0.29, 0.717) is 16.9 Å². The summed E-state index contributed by atoms with van der Waals surface area (Å²) in [6, 6.07) is 9.75. The first-order valence-corrected chi connectivity index (χ1v) is 7.46. The number of ketones is 1. The first-order chi connectivity index (χ1) is 12.4. The number of fused-ring (bicyclic) bond motifs is 1. The molecule has 2 aromatic carbocycles. The molecule has 26 heavy (non-hydrogen) atoms. The van der Waals surface area contributed by atoms with Crippen molar-refractivity contribution in [3.05, 3.63) is 79.8 Å². The number of hydrogen-bond acceptors (Lipinski definition) is 8. The lowest BCUT2D eigenvalue weighted by Crippen LogP contribution is -2.18. The van der Waals surface area contributed by atoms with Crippen molar-refractivity contribution in [3.63, 3.8) is 0 Å². The van der Waals surface area contributed by atoms with Crippen LogP contribution in [0.1, 0.15) is 11.7 Å². The third-order valence-electron chi connectivity index (χ3n) is 4.05. The maximum Gasteiger partial charge on any atom is 0.271 e. The second-order valence-electron chi connectivity index (χ2n) is 5.66. The molecule has 0 unspecified atom stereocenters. The van der Waals surface area contributed by atoms with Crippen LogP contribution < -0.4 is 10.6 Å². The van der Waals surface area contributed by atoms with Gasteiger partial charge in [-0.3, -0.25) is 25.0 Å². The first-order valence-electron chi connectivity index (χ1n) is 7.46. The summed E-state index contributed by atoms with van der Waals surface area (Å²) in [5.41, 5.74) is 1.14. The number of non-ortho nitro benzene ring substituents is 2. The zero-order chi connectivity index (χ0) is 18.4. The SMILES string of the molecule is O=C1C2=C(Nc3cc([N+](=O)[O-])ccc3N2)O[C@@H]1c1cccc([N+](=O)[O-])c1. The maximum atomic E-state index is 12.6. The van der Waals surface area contributed by atoms with Gasteiger partial charge >= 0.3 is 0 Å². The number of rotatable bonds is 3. The molecule has 0 amide bonds. The van der Waals surface area contributed by atoms with Crippen LogP contribution in [0.25, 0.3) is 0 Å². The number of carbonyl (C=O) groups is 1. The molecule has 0 spiro atoms. The summed E-state index contributed by atoms with van der Waals surface area (Å²) in [4.78, 5) is 33.4. The fraction of sp³-hybridized carbons (Fsp3) is 0.0625. The minimum absolute atomic E-state index is 0.110. The third kappa shape index (κ3) is 2.40. The van der Waals surface area contributed by atoms with E-state index in [0.717, 1.165) is 0 Å². The molecule has 0 aromatic heterocycles. The molecule has 0 fully saturated rings. The number of benzene rings is 2. The minimum atomic E-state index is -1.04. The molecule has 2 aliphatic rings. The van der Waals surface area contributed by atoms with E-state index in [9.17, 15) is 25.0 Å². The van der Waals surface area contributed by atoms with Gasteiger partial charge in [-0.1, -0.05) is 12.1 Å². The van der Waals surface area contributed by atoms with Crippen molar-refractivity contribution in [3.8, 4) is 0 Å². The summed E-state index contributed by atoms with van der Waals surface area (Å²) >= 11 is 0.